The highest BCUT2D eigenvalue weighted by Gasteiger charge is 2.49. The lowest BCUT2D eigenvalue weighted by Crippen LogP contribution is -2.52. The maximum Gasteiger partial charge on any atom is 0.130 e. The van der Waals surface area contributed by atoms with Crippen LogP contribution < -0.4 is 94.4 Å². The largest absolute Gasteiger partial charge is 0.496 e. The molecule has 0 aliphatic carbocycles. The minimum atomic E-state index is -1.96. The van der Waals surface area contributed by atoms with Gasteiger partial charge in [-0.15, -0.1) is 0 Å². The van der Waals surface area contributed by atoms with Gasteiger partial charge < -0.3 is 62.6 Å². The zero-order chi connectivity index (χ0) is 48.3. The second-order valence-corrected chi connectivity index (χ2v) is 21.3. The third kappa shape index (κ3) is 10.1. The number of ether oxygens (including phenoxy) is 12. The lowest BCUT2D eigenvalue weighted by Gasteiger charge is -2.45. The Hall–Kier alpha value is -5.83. The highest BCUT2D eigenvalue weighted by atomic mass is 31.1. The summed E-state index contributed by atoms with van der Waals surface area (Å²) in [6, 6.07) is 34.5. The Morgan fingerprint density at radius 1 is 0.284 bits per heavy atom. The van der Waals surface area contributed by atoms with Crippen molar-refractivity contribution in [3.05, 3.63) is 109 Å². The molecule has 13 nitrogen and oxygen atoms in total. The Bertz CT molecular complexity index is 2200. The molecule has 356 valence electrons. The molecule has 0 heterocycles. The zero-order valence-corrected chi connectivity index (χ0v) is 42.8. The molecule has 0 bridgehead atoms. The van der Waals surface area contributed by atoms with Gasteiger partial charge >= 0.3 is 0 Å². The van der Waals surface area contributed by atoms with Gasteiger partial charge in [-0.3, -0.25) is 0 Å². The monoisotopic (exact) mass is 971 g/mol. The van der Waals surface area contributed by atoms with E-state index in [0.717, 1.165) is 31.8 Å². The van der Waals surface area contributed by atoms with Gasteiger partial charge in [0.2, 0.25) is 0 Å². The van der Waals surface area contributed by atoms with Crippen LogP contribution in [0.1, 0.15) is 0 Å². The van der Waals surface area contributed by atoms with Crippen molar-refractivity contribution >= 4 is 55.6 Å². The van der Waals surface area contributed by atoms with Crippen molar-refractivity contribution in [2.75, 3.05) is 97.6 Å². The molecule has 16 heteroatoms. The van der Waals surface area contributed by atoms with E-state index in [1.165, 1.54) is 0 Å². The summed E-state index contributed by atoms with van der Waals surface area (Å²) < 4.78 is 75.3. The van der Waals surface area contributed by atoms with Crippen LogP contribution in [-0.4, -0.2) is 103 Å². The Morgan fingerprint density at radius 3 is 0.582 bits per heavy atom. The topological polar surface area (TPSA) is 137 Å². The first-order chi connectivity index (χ1) is 32.6. The summed E-state index contributed by atoms with van der Waals surface area (Å²) in [7, 11) is 14.4. The number of rotatable bonds is 23. The number of hydrogen-bond acceptors (Lipinski definition) is 13. The number of methoxy groups -OCH3 is 12. The van der Waals surface area contributed by atoms with E-state index < -0.39 is 29.0 Å². The van der Waals surface area contributed by atoms with E-state index in [4.69, 9.17) is 62.6 Å². The van der Waals surface area contributed by atoms with Crippen molar-refractivity contribution < 1.29 is 56.8 Å². The summed E-state index contributed by atoms with van der Waals surface area (Å²) in [4.78, 5) is 0. The molecule has 0 fully saturated rings. The Labute approximate surface area is 397 Å². The van der Waals surface area contributed by atoms with Gasteiger partial charge in [0.1, 0.15) is 69.0 Å². The van der Waals surface area contributed by atoms with Crippen LogP contribution in [0.5, 0.6) is 69.0 Å². The van der Waals surface area contributed by atoms with E-state index in [9.17, 15) is 0 Å². The van der Waals surface area contributed by atoms with Gasteiger partial charge in [0, 0.05) is 0 Å². The lowest BCUT2D eigenvalue weighted by atomic mass is 10.3. The number of benzene rings is 6. The van der Waals surface area contributed by atoms with E-state index in [2.05, 4.69) is 0 Å². The summed E-state index contributed by atoms with van der Waals surface area (Å²) in [5.41, 5.74) is 8.80. The van der Waals surface area contributed by atoms with E-state index in [-0.39, 0.29) is 12.3 Å². The predicted octanol–water partition coefficient (Wildman–Crippen LogP) is 7.14. The van der Waals surface area contributed by atoms with Gasteiger partial charge in [0.05, 0.1) is 122 Å². The predicted molar refractivity (Wildman–Crippen MR) is 272 cm³/mol. The lowest BCUT2D eigenvalue weighted by molar-refractivity contribution is 0.398. The molecule has 0 saturated heterocycles. The summed E-state index contributed by atoms with van der Waals surface area (Å²) in [6.07, 6.45) is 0.468. The van der Waals surface area contributed by atoms with Crippen molar-refractivity contribution in [1.82, 2.24) is 0 Å². The molecule has 0 aromatic heterocycles. The van der Waals surface area contributed by atoms with Crippen LogP contribution in [0, 0.1) is 0 Å². The van der Waals surface area contributed by atoms with Crippen LogP contribution in [0.3, 0.4) is 0 Å². The van der Waals surface area contributed by atoms with Crippen LogP contribution in [0.25, 0.3) is 0 Å². The van der Waals surface area contributed by atoms with Crippen LogP contribution in [0.4, 0.5) is 0 Å². The summed E-state index contributed by atoms with van der Waals surface area (Å²) >= 11 is 0. The van der Waals surface area contributed by atoms with E-state index in [1.807, 2.05) is 109 Å². The van der Waals surface area contributed by atoms with Gasteiger partial charge in [-0.25, -0.2) is 0 Å². The molecule has 67 heavy (non-hydrogen) atoms. The zero-order valence-electron chi connectivity index (χ0n) is 40.1. The number of hydrogen-bond donors (Lipinski definition) is 1. The third-order valence-corrected chi connectivity index (χ3v) is 20.4. The standard InChI is InChI=1S/C51H60NO12P3/c1-53-33-19-13-20-34(54-2)45(33)65(46-35(55-3)21-14-22-36(46)56-4)31-51(52,67(49-41(61-9)27-17-28-42(49)62-10)50-43(63-11)29-18-30-44(50)64-12)32-66(47-37(57-5)23-15-24-38(47)58-6)48-39(59-7)25-16-26-40(48)60-8/h13-30H,31-32,52H2,1-12H3. The van der Waals surface area contributed by atoms with Gasteiger partial charge in [-0.05, 0) is 109 Å². The molecule has 0 aliphatic rings. The fourth-order valence-corrected chi connectivity index (χ4v) is 19.0. The van der Waals surface area contributed by atoms with Crippen molar-refractivity contribution in [3.8, 4) is 69.0 Å². The molecular formula is C51H60NO12P3. The smallest absolute Gasteiger partial charge is 0.130 e. The molecule has 0 unspecified atom stereocenters. The molecule has 0 radical (unpaired) electrons. The minimum absolute atomic E-state index is 0.234. The molecule has 0 saturated carbocycles. The molecule has 6 aromatic carbocycles. The average Bonchev–Trinajstić information content (AvgIpc) is 3.38. The van der Waals surface area contributed by atoms with Crippen molar-refractivity contribution in [1.29, 1.82) is 0 Å². The van der Waals surface area contributed by atoms with Crippen molar-refractivity contribution in [2.24, 2.45) is 5.73 Å². The molecule has 0 atom stereocenters. The van der Waals surface area contributed by atoms with Gasteiger partial charge in [-0.2, -0.15) is 0 Å². The molecule has 0 spiro atoms. The Morgan fingerprint density at radius 2 is 0.433 bits per heavy atom. The van der Waals surface area contributed by atoms with Crippen LogP contribution >= 0.6 is 23.8 Å². The Kier molecular flexibility index (Phi) is 17.6. The first kappa shape index (κ1) is 50.6. The molecule has 0 amide bonds. The normalized spacial score (nSPS) is 11.3. The summed E-state index contributed by atoms with van der Waals surface area (Å²) in [5, 5.41) is 3.19. The van der Waals surface area contributed by atoms with Crippen LogP contribution in [0.2, 0.25) is 0 Å². The summed E-state index contributed by atoms with van der Waals surface area (Å²) in [5.74, 6) is 6.95. The molecule has 6 rings (SSSR count). The van der Waals surface area contributed by atoms with E-state index in [0.29, 0.717) is 69.0 Å². The van der Waals surface area contributed by atoms with Crippen LogP contribution in [0.15, 0.2) is 109 Å². The highest BCUT2D eigenvalue weighted by Crippen LogP contribution is 2.63. The molecular weight excluding hydrogens is 911 g/mol. The Balaban J connectivity index is 1.90. The van der Waals surface area contributed by atoms with E-state index in [1.54, 1.807) is 85.3 Å². The average molecular weight is 972 g/mol. The maximum absolute atomic E-state index is 8.80. The van der Waals surface area contributed by atoms with Crippen molar-refractivity contribution in [3.63, 3.8) is 0 Å². The second kappa shape index (κ2) is 23.3. The number of nitrogens with two attached hydrogens (primary N) is 1. The SMILES string of the molecule is COc1cccc(OC)c1P(CC(N)(CP(c1c(OC)cccc1OC)c1c(OC)cccc1OC)P(c1c(OC)cccc1OC)c1c(OC)cccc1OC)c1c(OC)cccc1OC. The minimum Gasteiger partial charge on any atom is -0.496 e. The van der Waals surface area contributed by atoms with Gasteiger partial charge in [0.25, 0.3) is 0 Å². The molecule has 2 N–H and O–H groups in total. The molecule has 0 aliphatic heterocycles. The van der Waals surface area contributed by atoms with E-state index >= 15 is 0 Å². The van der Waals surface area contributed by atoms with Gasteiger partial charge in [-0.1, -0.05) is 36.4 Å². The van der Waals surface area contributed by atoms with Crippen molar-refractivity contribution in [2.45, 2.75) is 5.28 Å². The third-order valence-electron chi connectivity index (χ3n) is 11.2. The first-order valence-corrected chi connectivity index (χ1v) is 25.4. The van der Waals surface area contributed by atoms with Crippen LogP contribution in [-0.2, 0) is 0 Å². The quantitative estimate of drug-likeness (QED) is 0.0653. The summed E-state index contributed by atoms with van der Waals surface area (Å²) in [6.45, 7) is 0. The maximum atomic E-state index is 8.80. The fraction of sp³-hybridized carbons (Fsp3) is 0.294. The second-order valence-electron chi connectivity index (χ2n) is 14.7. The highest BCUT2D eigenvalue weighted by molar-refractivity contribution is 7.80. The van der Waals surface area contributed by atoms with Gasteiger partial charge in [0.15, 0.2) is 0 Å². The first-order valence-electron chi connectivity index (χ1n) is 21.0. The molecule has 6 aromatic rings. The fourth-order valence-electron chi connectivity index (χ4n) is 8.33.